The maximum absolute atomic E-state index is 5.80. The predicted molar refractivity (Wildman–Crippen MR) is 64.9 cm³/mol. The van der Waals surface area contributed by atoms with Gasteiger partial charge in [0, 0.05) is 43.3 Å². The van der Waals surface area contributed by atoms with Crippen molar-refractivity contribution in [3.63, 3.8) is 0 Å². The second kappa shape index (κ2) is 3.28. The molecule has 1 spiro atoms. The Labute approximate surface area is 95.4 Å². The van der Waals surface area contributed by atoms with E-state index in [0.717, 1.165) is 31.9 Å². The summed E-state index contributed by atoms with van der Waals surface area (Å²) in [5, 5.41) is 3.34. The Bertz CT molecular complexity index is 407. The molecule has 3 rings (SSSR count). The van der Waals surface area contributed by atoms with Gasteiger partial charge in [-0.1, -0.05) is 0 Å². The monoisotopic (exact) mass is 219 g/mol. The summed E-state index contributed by atoms with van der Waals surface area (Å²) in [4.78, 5) is 2.38. The van der Waals surface area contributed by atoms with Crippen molar-refractivity contribution < 1.29 is 4.74 Å². The minimum atomic E-state index is 0.550. The molecule has 0 atom stereocenters. The molecule has 86 valence electrons. The Hall–Kier alpha value is -1.42. The fourth-order valence-electron chi connectivity index (χ4n) is 2.54. The Morgan fingerprint density at radius 1 is 1.38 bits per heavy atom. The highest BCUT2D eigenvalue weighted by molar-refractivity contribution is 5.63. The lowest BCUT2D eigenvalue weighted by atomic mass is 9.74. The van der Waals surface area contributed by atoms with Crippen molar-refractivity contribution in [3.8, 4) is 5.75 Å². The Balaban J connectivity index is 1.75. The first-order valence-electron chi connectivity index (χ1n) is 5.62. The number of benzene rings is 1. The molecule has 0 aromatic heterocycles. The van der Waals surface area contributed by atoms with Crippen LogP contribution < -0.4 is 20.7 Å². The van der Waals surface area contributed by atoms with Gasteiger partial charge in [0.2, 0.25) is 0 Å². The summed E-state index contributed by atoms with van der Waals surface area (Å²) >= 11 is 0. The van der Waals surface area contributed by atoms with Gasteiger partial charge in [-0.2, -0.15) is 0 Å². The number of nitrogens with two attached hydrogens (primary N) is 1. The zero-order valence-electron chi connectivity index (χ0n) is 9.49. The standard InChI is InChI=1S/C12H17N3O/c1-16-11-4-9(2-3-10(11)13)15-7-12(8-15)5-14-6-12/h2-4,14H,5-8,13H2,1H3. The molecule has 0 unspecified atom stereocenters. The first-order valence-corrected chi connectivity index (χ1v) is 5.62. The van der Waals surface area contributed by atoms with Gasteiger partial charge in [-0.05, 0) is 12.1 Å². The number of hydrogen-bond acceptors (Lipinski definition) is 4. The van der Waals surface area contributed by atoms with Crippen LogP contribution in [0.4, 0.5) is 11.4 Å². The van der Waals surface area contributed by atoms with E-state index in [1.54, 1.807) is 7.11 Å². The van der Waals surface area contributed by atoms with E-state index in [-0.39, 0.29) is 0 Å². The van der Waals surface area contributed by atoms with Gasteiger partial charge < -0.3 is 20.7 Å². The molecule has 0 aliphatic carbocycles. The van der Waals surface area contributed by atoms with Gasteiger partial charge in [-0.25, -0.2) is 0 Å². The van der Waals surface area contributed by atoms with Crippen molar-refractivity contribution >= 4 is 11.4 Å². The maximum Gasteiger partial charge on any atom is 0.143 e. The van der Waals surface area contributed by atoms with Gasteiger partial charge in [-0.3, -0.25) is 0 Å². The van der Waals surface area contributed by atoms with Crippen LogP contribution in [0.25, 0.3) is 0 Å². The van der Waals surface area contributed by atoms with E-state index in [1.165, 1.54) is 5.69 Å². The Morgan fingerprint density at radius 2 is 2.12 bits per heavy atom. The van der Waals surface area contributed by atoms with Crippen LogP contribution in [-0.2, 0) is 0 Å². The van der Waals surface area contributed by atoms with Crippen molar-refractivity contribution in [1.29, 1.82) is 0 Å². The smallest absolute Gasteiger partial charge is 0.143 e. The molecule has 3 N–H and O–H groups in total. The fourth-order valence-corrected chi connectivity index (χ4v) is 2.54. The molecule has 0 saturated carbocycles. The average molecular weight is 219 g/mol. The highest BCUT2D eigenvalue weighted by Crippen LogP contribution is 2.39. The number of nitrogens with zero attached hydrogens (tertiary/aromatic N) is 1. The highest BCUT2D eigenvalue weighted by Gasteiger charge is 2.47. The summed E-state index contributed by atoms with van der Waals surface area (Å²) in [5.41, 5.74) is 8.26. The second-order valence-corrected chi connectivity index (χ2v) is 4.89. The summed E-state index contributed by atoms with van der Waals surface area (Å²) in [5.74, 6) is 0.769. The van der Waals surface area contributed by atoms with Crippen LogP contribution in [0.3, 0.4) is 0 Å². The zero-order valence-corrected chi connectivity index (χ0v) is 9.49. The van der Waals surface area contributed by atoms with Crippen LogP contribution in [-0.4, -0.2) is 33.3 Å². The number of rotatable bonds is 2. The molecule has 16 heavy (non-hydrogen) atoms. The lowest BCUT2D eigenvalue weighted by molar-refractivity contribution is 0.121. The fraction of sp³-hybridized carbons (Fsp3) is 0.500. The second-order valence-electron chi connectivity index (χ2n) is 4.89. The van der Waals surface area contributed by atoms with Crippen LogP contribution in [0, 0.1) is 5.41 Å². The van der Waals surface area contributed by atoms with Gasteiger partial charge >= 0.3 is 0 Å². The van der Waals surface area contributed by atoms with Gasteiger partial charge in [0.25, 0.3) is 0 Å². The summed E-state index contributed by atoms with van der Waals surface area (Å²) in [6, 6.07) is 6.00. The van der Waals surface area contributed by atoms with E-state index in [1.807, 2.05) is 12.1 Å². The number of nitrogen functional groups attached to an aromatic ring is 1. The van der Waals surface area contributed by atoms with E-state index in [0.29, 0.717) is 11.1 Å². The van der Waals surface area contributed by atoms with Crippen LogP contribution >= 0.6 is 0 Å². The molecule has 0 amide bonds. The number of hydrogen-bond donors (Lipinski definition) is 2. The average Bonchev–Trinajstić information content (AvgIpc) is 2.16. The number of anilines is 2. The Morgan fingerprint density at radius 3 is 2.69 bits per heavy atom. The normalized spacial score (nSPS) is 21.4. The SMILES string of the molecule is COc1cc(N2CC3(CNC3)C2)ccc1N. The summed E-state index contributed by atoms with van der Waals surface area (Å²) < 4.78 is 5.23. The predicted octanol–water partition coefficient (Wildman–Crippen LogP) is 0.687. The third-order valence-electron chi connectivity index (χ3n) is 3.63. The van der Waals surface area contributed by atoms with Crippen molar-refractivity contribution in [2.24, 2.45) is 5.41 Å². The quantitative estimate of drug-likeness (QED) is 0.718. The van der Waals surface area contributed by atoms with Crippen molar-refractivity contribution in [2.45, 2.75) is 0 Å². The van der Waals surface area contributed by atoms with Crippen molar-refractivity contribution in [1.82, 2.24) is 5.32 Å². The molecule has 2 saturated heterocycles. The van der Waals surface area contributed by atoms with Gasteiger partial charge in [-0.15, -0.1) is 0 Å². The molecule has 1 aromatic rings. The van der Waals surface area contributed by atoms with Gasteiger partial charge in [0.05, 0.1) is 12.8 Å². The zero-order chi connectivity index (χ0) is 11.2. The van der Waals surface area contributed by atoms with Gasteiger partial charge in [0.15, 0.2) is 0 Å². The summed E-state index contributed by atoms with van der Waals surface area (Å²) in [7, 11) is 1.66. The molecule has 4 nitrogen and oxygen atoms in total. The van der Waals surface area contributed by atoms with E-state index in [4.69, 9.17) is 10.5 Å². The van der Waals surface area contributed by atoms with Crippen LogP contribution in [0.1, 0.15) is 0 Å². The molecular formula is C12H17N3O. The lowest BCUT2D eigenvalue weighted by Crippen LogP contribution is -2.71. The van der Waals surface area contributed by atoms with Crippen molar-refractivity contribution in [2.75, 3.05) is 43.9 Å². The van der Waals surface area contributed by atoms with Crippen molar-refractivity contribution in [3.05, 3.63) is 18.2 Å². The summed E-state index contributed by atoms with van der Waals surface area (Å²) in [6.45, 7) is 4.62. The molecule has 2 heterocycles. The van der Waals surface area contributed by atoms with E-state index in [2.05, 4.69) is 16.3 Å². The topological polar surface area (TPSA) is 50.5 Å². The highest BCUT2D eigenvalue weighted by atomic mass is 16.5. The Kier molecular flexibility index (Phi) is 2.01. The molecule has 4 heteroatoms. The largest absolute Gasteiger partial charge is 0.495 e. The third-order valence-corrected chi connectivity index (χ3v) is 3.63. The molecule has 2 aliphatic heterocycles. The van der Waals surface area contributed by atoms with Crippen LogP contribution in [0.2, 0.25) is 0 Å². The van der Waals surface area contributed by atoms with Gasteiger partial charge in [0.1, 0.15) is 5.75 Å². The van der Waals surface area contributed by atoms with E-state index < -0.39 is 0 Å². The molecule has 0 radical (unpaired) electrons. The lowest BCUT2D eigenvalue weighted by Gasteiger charge is -2.57. The number of nitrogens with one attached hydrogen (secondary N) is 1. The molecule has 2 aliphatic rings. The molecule has 1 aromatic carbocycles. The molecular weight excluding hydrogens is 202 g/mol. The first kappa shape index (κ1) is 9.78. The van der Waals surface area contributed by atoms with Crippen LogP contribution in [0.5, 0.6) is 5.75 Å². The third kappa shape index (κ3) is 1.33. The van der Waals surface area contributed by atoms with E-state index in [9.17, 15) is 0 Å². The summed E-state index contributed by atoms with van der Waals surface area (Å²) in [6.07, 6.45) is 0. The minimum absolute atomic E-state index is 0.550. The van der Waals surface area contributed by atoms with Crippen LogP contribution in [0.15, 0.2) is 18.2 Å². The first-order chi connectivity index (χ1) is 7.72. The number of methoxy groups -OCH3 is 1. The molecule has 2 fully saturated rings. The maximum atomic E-state index is 5.80. The number of ether oxygens (including phenoxy) is 1. The van der Waals surface area contributed by atoms with E-state index >= 15 is 0 Å². The molecule has 0 bridgehead atoms. The minimum Gasteiger partial charge on any atom is -0.495 e.